The van der Waals surface area contributed by atoms with Crippen LogP contribution in [0.3, 0.4) is 0 Å². The molecule has 0 aromatic carbocycles. The fourth-order valence-corrected chi connectivity index (χ4v) is 4.67. The number of fused-ring (bicyclic) bond motifs is 1. The molecule has 8 nitrogen and oxygen atoms in total. The summed E-state index contributed by atoms with van der Waals surface area (Å²) in [5, 5.41) is 4.12. The first-order valence-corrected chi connectivity index (χ1v) is 10.4. The molecule has 33 heavy (non-hydrogen) atoms. The Kier molecular flexibility index (Phi) is 4.90. The Morgan fingerprint density at radius 3 is 2.45 bits per heavy atom. The summed E-state index contributed by atoms with van der Waals surface area (Å²) in [6, 6.07) is 0.985. The number of aryl methyl sites for hydroxylation is 2. The van der Waals surface area contributed by atoms with Crippen molar-refractivity contribution in [3.8, 4) is 0 Å². The van der Waals surface area contributed by atoms with Crippen LogP contribution >= 0.6 is 0 Å². The number of anilines is 2. The second kappa shape index (κ2) is 7.45. The Balaban J connectivity index is 1.32. The second-order valence-electron chi connectivity index (χ2n) is 8.74. The highest BCUT2D eigenvalue weighted by Crippen LogP contribution is 2.43. The zero-order valence-corrected chi connectivity index (χ0v) is 17.9. The van der Waals surface area contributed by atoms with Crippen molar-refractivity contribution < 1.29 is 22.0 Å². The van der Waals surface area contributed by atoms with Gasteiger partial charge in [-0.3, -0.25) is 0 Å². The van der Waals surface area contributed by atoms with E-state index in [0.717, 1.165) is 12.5 Å². The van der Waals surface area contributed by atoms with E-state index < -0.39 is 24.8 Å². The van der Waals surface area contributed by atoms with Gasteiger partial charge in [0.25, 0.3) is 6.43 Å². The van der Waals surface area contributed by atoms with Gasteiger partial charge >= 0.3 is 6.18 Å². The molecule has 0 aliphatic carbocycles. The molecule has 2 aliphatic rings. The molecule has 1 spiro atoms. The van der Waals surface area contributed by atoms with Crippen LogP contribution in [0.25, 0.3) is 11.2 Å². The fourth-order valence-electron chi connectivity index (χ4n) is 4.67. The minimum Gasteiger partial charge on any atom is -0.355 e. The first kappa shape index (κ1) is 21.7. The van der Waals surface area contributed by atoms with Gasteiger partial charge in [-0.2, -0.15) is 18.3 Å². The van der Waals surface area contributed by atoms with Gasteiger partial charge in [-0.1, -0.05) is 0 Å². The molecule has 2 aliphatic heterocycles. The lowest BCUT2D eigenvalue weighted by atomic mass is 9.79. The topological polar surface area (TPSA) is 75.9 Å². The Morgan fingerprint density at radius 1 is 1.03 bits per heavy atom. The molecule has 5 rings (SSSR count). The van der Waals surface area contributed by atoms with Crippen molar-refractivity contribution in [2.45, 2.75) is 39.4 Å². The number of halogens is 5. The predicted molar refractivity (Wildman–Crippen MR) is 109 cm³/mol. The zero-order chi connectivity index (χ0) is 23.5. The quantitative estimate of drug-likeness (QED) is 0.545. The summed E-state index contributed by atoms with van der Waals surface area (Å²) in [6.45, 7) is 5.05. The van der Waals surface area contributed by atoms with Crippen molar-refractivity contribution in [1.29, 1.82) is 0 Å². The monoisotopic (exact) mass is 468 g/mol. The lowest BCUT2D eigenvalue weighted by molar-refractivity contribution is -0.141. The molecule has 176 valence electrons. The normalized spacial score (nSPS) is 18.1. The van der Waals surface area contributed by atoms with Gasteiger partial charge in [-0.15, -0.1) is 0 Å². The third-order valence-electron chi connectivity index (χ3n) is 6.16. The molecule has 3 aromatic heterocycles. The molecule has 0 amide bonds. The molecule has 0 radical (unpaired) electrons. The summed E-state index contributed by atoms with van der Waals surface area (Å²) in [5.74, 6) is 0.921. The van der Waals surface area contributed by atoms with Crippen LogP contribution in [0.5, 0.6) is 0 Å². The van der Waals surface area contributed by atoms with E-state index in [1.54, 1.807) is 13.1 Å². The molecule has 0 unspecified atom stereocenters. The van der Waals surface area contributed by atoms with Crippen molar-refractivity contribution in [3.05, 3.63) is 29.5 Å². The first-order chi connectivity index (χ1) is 15.5. The molecule has 13 heteroatoms. The largest absolute Gasteiger partial charge is 0.433 e. The fraction of sp³-hybridized carbons (Fsp3) is 0.550. The number of hydrogen-bond donors (Lipinski definition) is 0. The molecule has 0 atom stereocenters. The van der Waals surface area contributed by atoms with E-state index in [-0.39, 0.29) is 17.1 Å². The molecule has 0 saturated carbocycles. The third-order valence-corrected chi connectivity index (χ3v) is 6.16. The van der Waals surface area contributed by atoms with Crippen LogP contribution in [0.2, 0.25) is 0 Å². The van der Waals surface area contributed by atoms with Gasteiger partial charge in [0, 0.05) is 37.7 Å². The molecular formula is C20H21F5N8. The van der Waals surface area contributed by atoms with Gasteiger partial charge in [0.05, 0.1) is 11.9 Å². The standard InChI is InChI=1S/C20H21F5N8/c1-11-17-18(33(30-11)7-14(21)22)29-16(6-26-17)31-4-3-19(8-31)9-32(10-19)15-5-13(20(23,24)25)27-12(2)28-15/h5-6,14H,3-4,7-10H2,1-2H3. The maximum absolute atomic E-state index is 13.1. The highest BCUT2D eigenvalue weighted by Gasteiger charge is 2.49. The lowest BCUT2D eigenvalue weighted by Crippen LogP contribution is -2.58. The second-order valence-corrected chi connectivity index (χ2v) is 8.74. The van der Waals surface area contributed by atoms with Crippen molar-refractivity contribution >= 4 is 22.8 Å². The van der Waals surface area contributed by atoms with Crippen LogP contribution in [0, 0.1) is 19.3 Å². The van der Waals surface area contributed by atoms with Crippen molar-refractivity contribution in [1.82, 2.24) is 29.7 Å². The molecule has 5 heterocycles. The maximum Gasteiger partial charge on any atom is 0.433 e. The number of aromatic nitrogens is 6. The number of rotatable bonds is 4. The minimum absolute atomic E-state index is 0.0769. The van der Waals surface area contributed by atoms with Crippen LogP contribution in [-0.4, -0.2) is 62.3 Å². The first-order valence-electron chi connectivity index (χ1n) is 10.4. The number of nitrogens with zero attached hydrogens (tertiary/aromatic N) is 8. The lowest BCUT2D eigenvalue weighted by Gasteiger charge is -2.48. The van der Waals surface area contributed by atoms with Gasteiger partial charge in [0.2, 0.25) is 0 Å². The molecule has 2 fully saturated rings. The highest BCUT2D eigenvalue weighted by atomic mass is 19.4. The molecule has 2 saturated heterocycles. The van der Waals surface area contributed by atoms with E-state index in [9.17, 15) is 22.0 Å². The molecule has 3 aromatic rings. The van der Waals surface area contributed by atoms with E-state index in [4.69, 9.17) is 0 Å². The maximum atomic E-state index is 13.1. The average molecular weight is 468 g/mol. The Hall–Kier alpha value is -3.12. The van der Waals surface area contributed by atoms with E-state index in [2.05, 4.69) is 25.0 Å². The van der Waals surface area contributed by atoms with Crippen LogP contribution in [0.15, 0.2) is 12.3 Å². The predicted octanol–water partition coefficient (Wildman–Crippen LogP) is 3.23. The van der Waals surface area contributed by atoms with Gasteiger partial charge in [-0.25, -0.2) is 33.4 Å². The van der Waals surface area contributed by atoms with E-state index in [1.165, 1.54) is 11.6 Å². The van der Waals surface area contributed by atoms with Crippen LogP contribution in [0.1, 0.15) is 23.6 Å². The van der Waals surface area contributed by atoms with Gasteiger partial charge in [-0.05, 0) is 20.3 Å². The van der Waals surface area contributed by atoms with Gasteiger partial charge < -0.3 is 9.80 Å². The molecular weight excluding hydrogens is 447 g/mol. The molecule has 0 bridgehead atoms. The zero-order valence-electron chi connectivity index (χ0n) is 17.9. The van der Waals surface area contributed by atoms with Crippen molar-refractivity contribution in [2.24, 2.45) is 5.41 Å². The van der Waals surface area contributed by atoms with E-state index in [1.807, 2.05) is 9.80 Å². The van der Waals surface area contributed by atoms with Crippen LogP contribution < -0.4 is 9.80 Å². The Morgan fingerprint density at radius 2 is 1.76 bits per heavy atom. The molecule has 0 N–H and O–H groups in total. The smallest absolute Gasteiger partial charge is 0.355 e. The average Bonchev–Trinajstić information content (AvgIpc) is 3.28. The van der Waals surface area contributed by atoms with E-state index >= 15 is 0 Å². The van der Waals surface area contributed by atoms with Gasteiger partial charge in [0.15, 0.2) is 5.65 Å². The highest BCUT2D eigenvalue weighted by molar-refractivity contribution is 5.75. The Labute approximate surface area is 185 Å². The van der Waals surface area contributed by atoms with Gasteiger partial charge in [0.1, 0.15) is 35.2 Å². The summed E-state index contributed by atoms with van der Waals surface area (Å²) < 4.78 is 66.3. The Bertz CT molecular complexity index is 1200. The van der Waals surface area contributed by atoms with E-state index in [0.29, 0.717) is 48.9 Å². The number of alkyl halides is 5. The summed E-state index contributed by atoms with van der Waals surface area (Å²) in [6.07, 6.45) is -4.64. The summed E-state index contributed by atoms with van der Waals surface area (Å²) in [4.78, 5) is 20.5. The van der Waals surface area contributed by atoms with Crippen LogP contribution in [-0.2, 0) is 12.7 Å². The minimum atomic E-state index is -4.53. The SMILES string of the molecule is Cc1nc(N2CC3(CCN(c4cnc5c(C)nn(CC(F)F)c5n4)C3)C2)cc(C(F)(F)F)n1. The summed E-state index contributed by atoms with van der Waals surface area (Å²) >= 11 is 0. The number of hydrogen-bond acceptors (Lipinski definition) is 7. The summed E-state index contributed by atoms with van der Waals surface area (Å²) in [5.41, 5.74) is 0.293. The van der Waals surface area contributed by atoms with Crippen LogP contribution in [0.4, 0.5) is 33.6 Å². The van der Waals surface area contributed by atoms with Crippen molar-refractivity contribution in [2.75, 3.05) is 36.0 Å². The third kappa shape index (κ3) is 3.93. The van der Waals surface area contributed by atoms with Crippen molar-refractivity contribution in [3.63, 3.8) is 0 Å². The summed E-state index contributed by atoms with van der Waals surface area (Å²) in [7, 11) is 0.